The van der Waals surface area contributed by atoms with E-state index in [9.17, 15) is 29.4 Å². The smallest absolute Gasteiger partial charge is 0.326 e. The molecule has 9 N–H and O–H groups in total. The van der Waals surface area contributed by atoms with Crippen LogP contribution in [0.4, 0.5) is 0 Å². The molecule has 0 rings (SSSR count). The first-order valence-corrected chi connectivity index (χ1v) is 10.8. The van der Waals surface area contributed by atoms with E-state index < -0.39 is 54.5 Å². The first-order valence-electron chi connectivity index (χ1n) is 9.37. The number of amides is 3. The normalized spacial score (nSPS) is 14.9. The van der Waals surface area contributed by atoms with Gasteiger partial charge in [-0.05, 0) is 51.2 Å². The minimum Gasteiger partial charge on any atom is -0.480 e. The Balaban J connectivity index is 5.17. The molecule has 0 aliphatic rings. The molecule has 3 amide bonds. The molecule has 0 saturated heterocycles. The minimum atomic E-state index is -1.29. The molecule has 4 atom stereocenters. The largest absolute Gasteiger partial charge is 0.480 e. The van der Waals surface area contributed by atoms with Crippen molar-refractivity contribution in [3.05, 3.63) is 0 Å². The zero-order chi connectivity index (χ0) is 22.4. The van der Waals surface area contributed by atoms with Crippen molar-refractivity contribution >= 4 is 35.5 Å². The first kappa shape index (κ1) is 27.1. The Bertz CT molecular complexity index is 548. The summed E-state index contributed by atoms with van der Waals surface area (Å²) in [5.74, 6) is -2.69. The monoisotopic (exact) mass is 435 g/mol. The number of aliphatic hydroxyl groups excluding tert-OH is 1. The van der Waals surface area contributed by atoms with E-state index in [0.717, 1.165) is 0 Å². The van der Waals surface area contributed by atoms with Crippen LogP contribution in [0.3, 0.4) is 0 Å². The fraction of sp³-hybridized carbons (Fsp3) is 0.765. The number of carbonyl (C=O) groups excluding carboxylic acids is 3. The van der Waals surface area contributed by atoms with Crippen molar-refractivity contribution in [3.8, 4) is 0 Å². The van der Waals surface area contributed by atoms with Gasteiger partial charge >= 0.3 is 5.97 Å². The van der Waals surface area contributed by atoms with E-state index >= 15 is 0 Å². The van der Waals surface area contributed by atoms with E-state index in [1.165, 1.54) is 18.7 Å². The Morgan fingerprint density at radius 3 is 1.97 bits per heavy atom. The molecule has 0 aromatic carbocycles. The zero-order valence-electron chi connectivity index (χ0n) is 16.8. The standard InChI is InChI=1S/C17H33N5O6S/c1-10(19)14(24)22-13(9-23)16(26)20-11(5-3-4-7-18)15(25)21-12(17(27)28)6-8-29-2/h10-13,23H,3-9,18-19H2,1-2H3,(H,20,26)(H,21,25)(H,22,24)(H,27,28). The Morgan fingerprint density at radius 1 is 0.931 bits per heavy atom. The number of thioether (sulfide) groups is 1. The van der Waals surface area contributed by atoms with E-state index in [4.69, 9.17) is 11.5 Å². The van der Waals surface area contributed by atoms with Crippen LogP contribution in [0, 0.1) is 0 Å². The molecule has 4 unspecified atom stereocenters. The van der Waals surface area contributed by atoms with Gasteiger partial charge in [-0.25, -0.2) is 4.79 Å². The molecule has 0 aromatic rings. The average molecular weight is 436 g/mol. The van der Waals surface area contributed by atoms with Gasteiger partial charge in [0.2, 0.25) is 17.7 Å². The number of hydrogen-bond acceptors (Lipinski definition) is 8. The average Bonchev–Trinajstić information content (AvgIpc) is 2.67. The minimum absolute atomic E-state index is 0.225. The molecule has 0 aliphatic carbocycles. The van der Waals surface area contributed by atoms with Gasteiger partial charge in [0.15, 0.2) is 0 Å². The number of hydrogen-bond donors (Lipinski definition) is 7. The molecule has 0 spiro atoms. The lowest BCUT2D eigenvalue weighted by Crippen LogP contribution is -2.57. The van der Waals surface area contributed by atoms with Crippen molar-refractivity contribution in [1.82, 2.24) is 16.0 Å². The number of nitrogens with one attached hydrogen (secondary N) is 3. The topological polar surface area (TPSA) is 197 Å². The molecule has 0 heterocycles. The van der Waals surface area contributed by atoms with Gasteiger partial charge in [0.1, 0.15) is 18.1 Å². The van der Waals surface area contributed by atoms with Crippen LogP contribution in [-0.4, -0.2) is 83.2 Å². The molecular weight excluding hydrogens is 402 g/mol. The molecule has 0 fully saturated rings. The van der Waals surface area contributed by atoms with Gasteiger partial charge in [-0.15, -0.1) is 0 Å². The third-order valence-corrected chi connectivity index (χ3v) is 4.68. The SMILES string of the molecule is CSCCC(NC(=O)C(CCCCN)NC(=O)C(CO)NC(=O)C(C)N)C(=O)O. The van der Waals surface area contributed by atoms with Crippen LogP contribution < -0.4 is 27.4 Å². The van der Waals surface area contributed by atoms with Crippen LogP contribution in [0.25, 0.3) is 0 Å². The summed E-state index contributed by atoms with van der Waals surface area (Å²) in [5, 5.41) is 25.9. The summed E-state index contributed by atoms with van der Waals surface area (Å²) in [6.45, 7) is 1.13. The maximum absolute atomic E-state index is 12.6. The van der Waals surface area contributed by atoms with Crippen molar-refractivity contribution < 1.29 is 29.4 Å². The second-order valence-electron chi connectivity index (χ2n) is 6.56. The molecule has 0 aromatic heterocycles. The number of nitrogens with two attached hydrogens (primary N) is 2. The van der Waals surface area contributed by atoms with Crippen LogP contribution in [0.2, 0.25) is 0 Å². The van der Waals surface area contributed by atoms with Gasteiger partial charge < -0.3 is 37.6 Å². The van der Waals surface area contributed by atoms with E-state index in [-0.39, 0.29) is 12.8 Å². The first-order chi connectivity index (χ1) is 13.7. The van der Waals surface area contributed by atoms with Gasteiger partial charge in [-0.1, -0.05) is 0 Å². The van der Waals surface area contributed by atoms with Gasteiger partial charge in [-0.3, -0.25) is 14.4 Å². The summed E-state index contributed by atoms with van der Waals surface area (Å²) in [5.41, 5.74) is 10.9. The Hall–Kier alpha value is -1.89. The quantitative estimate of drug-likeness (QED) is 0.139. The van der Waals surface area contributed by atoms with Gasteiger partial charge in [0.05, 0.1) is 12.6 Å². The lowest BCUT2D eigenvalue weighted by atomic mass is 10.1. The van der Waals surface area contributed by atoms with Crippen molar-refractivity contribution in [1.29, 1.82) is 0 Å². The molecule has 0 aliphatic heterocycles. The summed E-state index contributed by atoms with van der Waals surface area (Å²) >= 11 is 1.45. The van der Waals surface area contributed by atoms with E-state index in [1.54, 1.807) is 0 Å². The predicted octanol–water partition coefficient (Wildman–Crippen LogP) is -2.25. The van der Waals surface area contributed by atoms with Crippen LogP contribution >= 0.6 is 11.8 Å². The van der Waals surface area contributed by atoms with Crippen molar-refractivity contribution in [2.24, 2.45) is 11.5 Å². The predicted molar refractivity (Wildman–Crippen MR) is 110 cm³/mol. The van der Waals surface area contributed by atoms with Crippen molar-refractivity contribution in [2.75, 3.05) is 25.2 Å². The fourth-order valence-electron chi connectivity index (χ4n) is 2.30. The summed E-state index contributed by atoms with van der Waals surface area (Å²) in [7, 11) is 0. The second kappa shape index (κ2) is 15.0. The highest BCUT2D eigenvalue weighted by molar-refractivity contribution is 7.98. The molecule has 0 radical (unpaired) electrons. The molecule has 12 heteroatoms. The van der Waals surface area contributed by atoms with E-state index in [0.29, 0.717) is 25.1 Å². The van der Waals surface area contributed by atoms with Crippen LogP contribution in [0.15, 0.2) is 0 Å². The maximum Gasteiger partial charge on any atom is 0.326 e. The maximum atomic E-state index is 12.6. The molecule has 29 heavy (non-hydrogen) atoms. The highest BCUT2D eigenvalue weighted by Gasteiger charge is 2.29. The van der Waals surface area contributed by atoms with Crippen LogP contribution in [0.1, 0.15) is 32.6 Å². The van der Waals surface area contributed by atoms with Crippen molar-refractivity contribution in [3.63, 3.8) is 0 Å². The number of carbonyl (C=O) groups is 4. The highest BCUT2D eigenvalue weighted by atomic mass is 32.2. The molecular formula is C17H33N5O6S. The van der Waals surface area contributed by atoms with Gasteiger partial charge in [0.25, 0.3) is 0 Å². The fourth-order valence-corrected chi connectivity index (χ4v) is 2.77. The lowest BCUT2D eigenvalue weighted by Gasteiger charge is -2.24. The lowest BCUT2D eigenvalue weighted by molar-refractivity contribution is -0.142. The summed E-state index contributed by atoms with van der Waals surface area (Å²) in [4.78, 5) is 48.1. The molecule has 11 nitrogen and oxygen atoms in total. The number of aliphatic hydroxyl groups is 1. The summed E-state index contributed by atoms with van der Waals surface area (Å²) in [6, 6.07) is -4.29. The van der Waals surface area contributed by atoms with E-state index in [2.05, 4.69) is 16.0 Å². The van der Waals surface area contributed by atoms with Crippen LogP contribution in [0.5, 0.6) is 0 Å². The Labute approximate surface area is 174 Å². The second-order valence-corrected chi connectivity index (χ2v) is 7.54. The van der Waals surface area contributed by atoms with Gasteiger partial charge in [-0.2, -0.15) is 11.8 Å². The number of unbranched alkanes of at least 4 members (excludes halogenated alkanes) is 1. The van der Waals surface area contributed by atoms with Crippen LogP contribution in [-0.2, 0) is 19.2 Å². The number of carboxylic acid groups (broad SMARTS) is 1. The van der Waals surface area contributed by atoms with E-state index in [1.807, 2.05) is 6.26 Å². The van der Waals surface area contributed by atoms with Crippen molar-refractivity contribution in [2.45, 2.75) is 56.8 Å². The summed E-state index contributed by atoms with van der Waals surface area (Å²) in [6.07, 6.45) is 3.41. The number of aliphatic carboxylic acids is 1. The third-order valence-electron chi connectivity index (χ3n) is 4.03. The highest BCUT2D eigenvalue weighted by Crippen LogP contribution is 2.05. The third kappa shape index (κ3) is 11.0. The molecule has 0 bridgehead atoms. The summed E-state index contributed by atoms with van der Waals surface area (Å²) < 4.78 is 0. The molecule has 0 saturated carbocycles. The molecule has 168 valence electrons. The number of rotatable bonds is 15. The number of carboxylic acids is 1. The van der Waals surface area contributed by atoms with Gasteiger partial charge in [0, 0.05) is 0 Å². The zero-order valence-corrected chi connectivity index (χ0v) is 17.7. The Kier molecular flexibility index (Phi) is 14.0. The Morgan fingerprint density at radius 2 is 1.48 bits per heavy atom.